The molecule has 2 unspecified atom stereocenters. The van der Waals surface area contributed by atoms with E-state index in [2.05, 4.69) is 13.8 Å². The molecule has 1 aliphatic carbocycles. The summed E-state index contributed by atoms with van der Waals surface area (Å²) >= 11 is 6.34. The summed E-state index contributed by atoms with van der Waals surface area (Å²) in [7, 11) is 0. The van der Waals surface area contributed by atoms with Crippen LogP contribution in [-0.4, -0.2) is 22.8 Å². The van der Waals surface area contributed by atoms with Crippen LogP contribution in [0, 0.1) is 11.3 Å². The Morgan fingerprint density at radius 1 is 1.32 bits per heavy atom. The minimum atomic E-state index is -0.577. The molecule has 0 radical (unpaired) electrons. The number of carbonyl (C=O) groups excluding carboxylic acids is 1. The van der Waals surface area contributed by atoms with Gasteiger partial charge in [-0.25, -0.2) is 9.98 Å². The Balaban J connectivity index is 1.94. The predicted octanol–water partition coefficient (Wildman–Crippen LogP) is 5.64. The molecule has 2 aliphatic rings. The number of hydrogen-bond acceptors (Lipinski definition) is 5. The summed E-state index contributed by atoms with van der Waals surface area (Å²) in [5.41, 5.74) is 12.2. The number of carbonyl (C=O) groups is 1. The molecule has 5 nitrogen and oxygen atoms in total. The molecule has 2 N–H and O–H groups in total. The van der Waals surface area contributed by atoms with Crippen molar-refractivity contribution in [3.8, 4) is 0 Å². The summed E-state index contributed by atoms with van der Waals surface area (Å²) in [6, 6.07) is 7.60. The van der Waals surface area contributed by atoms with Crippen molar-refractivity contribution >= 4 is 34.8 Å². The second-order valence-electron chi connectivity index (χ2n) is 9.78. The van der Waals surface area contributed by atoms with Gasteiger partial charge in [-0.2, -0.15) is 0 Å². The van der Waals surface area contributed by atoms with Crippen molar-refractivity contribution in [3.05, 3.63) is 51.7 Å². The van der Waals surface area contributed by atoms with E-state index < -0.39 is 5.92 Å². The number of aryl methyl sites for hydroxylation is 1. The topological polar surface area (TPSA) is 77.6 Å². The first kappa shape index (κ1) is 21.8. The molecule has 2 atom stereocenters. The number of nitrogen functional groups attached to an aromatic ring is 1. The number of nitrogens with two attached hydrogens (primary N) is 1. The number of fused-ring (bicyclic) bond motifs is 2. The van der Waals surface area contributed by atoms with Gasteiger partial charge in [0.05, 0.1) is 6.10 Å². The normalized spacial score (nSPS) is 21.8. The number of aliphatic imine (C=N–C) groups is 1. The smallest absolute Gasteiger partial charge is 0.315 e. The second kappa shape index (κ2) is 7.94. The van der Waals surface area contributed by atoms with Crippen LogP contribution >= 0.6 is 11.6 Å². The third kappa shape index (κ3) is 4.08. The lowest BCUT2D eigenvalue weighted by atomic mass is 9.72. The Kier molecular flexibility index (Phi) is 5.59. The van der Waals surface area contributed by atoms with Gasteiger partial charge in [0.15, 0.2) is 5.82 Å². The van der Waals surface area contributed by atoms with E-state index in [9.17, 15) is 4.79 Å². The summed E-state index contributed by atoms with van der Waals surface area (Å²) in [5, 5.41) is 0.612. The van der Waals surface area contributed by atoms with Gasteiger partial charge in [0.25, 0.3) is 0 Å². The van der Waals surface area contributed by atoms with Crippen LogP contribution in [0.15, 0.2) is 29.3 Å². The Labute approximate surface area is 189 Å². The fourth-order valence-corrected chi connectivity index (χ4v) is 5.03. The quantitative estimate of drug-likeness (QED) is 0.628. The van der Waals surface area contributed by atoms with Crippen LogP contribution in [0.5, 0.6) is 0 Å². The van der Waals surface area contributed by atoms with E-state index in [0.717, 1.165) is 41.6 Å². The van der Waals surface area contributed by atoms with Gasteiger partial charge in [0.2, 0.25) is 0 Å². The van der Waals surface area contributed by atoms with Crippen LogP contribution in [0.25, 0.3) is 0 Å². The summed E-state index contributed by atoms with van der Waals surface area (Å²) in [6.45, 7) is 10.1. The van der Waals surface area contributed by atoms with Crippen LogP contribution in [0.1, 0.15) is 69.3 Å². The molecule has 1 aliphatic heterocycles. The molecule has 0 fully saturated rings. The third-order valence-electron chi connectivity index (χ3n) is 6.33. The zero-order chi connectivity index (χ0) is 22.5. The Morgan fingerprint density at radius 2 is 2.06 bits per heavy atom. The molecule has 0 saturated heterocycles. The molecule has 4 rings (SSSR count). The lowest BCUT2D eigenvalue weighted by Gasteiger charge is -2.36. The summed E-state index contributed by atoms with van der Waals surface area (Å²) in [5.74, 6) is -0.608. The number of nitrogens with zero attached hydrogens (tertiary/aromatic N) is 2. The van der Waals surface area contributed by atoms with Gasteiger partial charge in [-0.05, 0) is 68.7 Å². The molecule has 0 bridgehead atoms. The molecule has 31 heavy (non-hydrogen) atoms. The number of esters is 1. The zero-order valence-corrected chi connectivity index (χ0v) is 19.6. The molecule has 1 aromatic carbocycles. The van der Waals surface area contributed by atoms with E-state index in [1.807, 2.05) is 45.0 Å². The van der Waals surface area contributed by atoms with Crippen molar-refractivity contribution in [2.45, 2.75) is 65.9 Å². The molecule has 2 heterocycles. The van der Waals surface area contributed by atoms with Crippen LogP contribution in [0.4, 0.5) is 11.5 Å². The molecule has 0 amide bonds. The van der Waals surface area contributed by atoms with E-state index in [0.29, 0.717) is 22.2 Å². The lowest BCUT2D eigenvalue weighted by molar-refractivity contribution is -0.150. The van der Waals surface area contributed by atoms with E-state index in [-0.39, 0.29) is 23.4 Å². The number of anilines is 1. The molecule has 2 aromatic rings. The van der Waals surface area contributed by atoms with Crippen molar-refractivity contribution in [1.82, 2.24) is 4.98 Å². The first-order valence-corrected chi connectivity index (χ1v) is 11.3. The van der Waals surface area contributed by atoms with Crippen molar-refractivity contribution in [2.24, 2.45) is 16.3 Å². The average molecular weight is 440 g/mol. The predicted molar refractivity (Wildman–Crippen MR) is 125 cm³/mol. The molecule has 164 valence electrons. The number of pyridine rings is 1. The van der Waals surface area contributed by atoms with Crippen molar-refractivity contribution in [1.29, 1.82) is 0 Å². The maximum Gasteiger partial charge on any atom is 0.315 e. The third-order valence-corrected chi connectivity index (χ3v) is 6.56. The van der Waals surface area contributed by atoms with Crippen molar-refractivity contribution in [3.63, 3.8) is 0 Å². The highest BCUT2D eigenvalue weighted by Gasteiger charge is 2.42. The highest BCUT2D eigenvalue weighted by Crippen LogP contribution is 2.49. The largest absolute Gasteiger partial charge is 0.462 e. The van der Waals surface area contributed by atoms with Gasteiger partial charge in [-0.1, -0.05) is 37.6 Å². The fourth-order valence-electron chi connectivity index (χ4n) is 4.83. The van der Waals surface area contributed by atoms with Crippen LogP contribution < -0.4 is 5.73 Å². The highest BCUT2D eigenvalue weighted by molar-refractivity contribution is 6.30. The number of benzene rings is 1. The SMILES string of the molecule is CC1=Nc2nc3c(c(N)c2C(c2cccc(Cl)c2)C1C(=O)OC(C)C)CC(C)(C)CC3. The van der Waals surface area contributed by atoms with E-state index in [4.69, 9.17) is 32.0 Å². The summed E-state index contributed by atoms with van der Waals surface area (Å²) in [4.78, 5) is 22.9. The monoisotopic (exact) mass is 439 g/mol. The van der Waals surface area contributed by atoms with Crippen LogP contribution in [0.3, 0.4) is 0 Å². The van der Waals surface area contributed by atoms with Crippen LogP contribution in [0.2, 0.25) is 5.02 Å². The highest BCUT2D eigenvalue weighted by atomic mass is 35.5. The van der Waals surface area contributed by atoms with E-state index in [1.165, 1.54) is 0 Å². The van der Waals surface area contributed by atoms with Crippen molar-refractivity contribution in [2.75, 3.05) is 5.73 Å². The lowest BCUT2D eigenvalue weighted by Crippen LogP contribution is -2.36. The fraction of sp³-hybridized carbons (Fsp3) is 0.480. The maximum atomic E-state index is 13.2. The van der Waals surface area contributed by atoms with Gasteiger partial charge < -0.3 is 10.5 Å². The molecule has 6 heteroatoms. The van der Waals surface area contributed by atoms with E-state index >= 15 is 0 Å². The minimum Gasteiger partial charge on any atom is -0.462 e. The Hall–Kier alpha value is -2.40. The summed E-state index contributed by atoms with van der Waals surface area (Å²) in [6.07, 6.45) is 2.59. The number of halogens is 1. The van der Waals surface area contributed by atoms with Gasteiger partial charge >= 0.3 is 5.97 Å². The molecular weight excluding hydrogens is 410 g/mol. The Morgan fingerprint density at radius 3 is 2.74 bits per heavy atom. The summed E-state index contributed by atoms with van der Waals surface area (Å²) < 4.78 is 5.63. The number of ether oxygens (including phenoxy) is 1. The van der Waals surface area contributed by atoms with Gasteiger partial charge in [0.1, 0.15) is 5.92 Å². The zero-order valence-electron chi connectivity index (χ0n) is 18.8. The van der Waals surface area contributed by atoms with Gasteiger partial charge in [-0.15, -0.1) is 0 Å². The van der Waals surface area contributed by atoms with Gasteiger partial charge in [0, 0.05) is 33.6 Å². The number of hydrogen-bond donors (Lipinski definition) is 1. The second-order valence-corrected chi connectivity index (χ2v) is 10.2. The molecular formula is C25H30ClN3O2. The average Bonchev–Trinajstić information content (AvgIpc) is 2.67. The first-order valence-electron chi connectivity index (χ1n) is 10.9. The first-order chi connectivity index (χ1) is 14.6. The van der Waals surface area contributed by atoms with Crippen LogP contribution in [-0.2, 0) is 22.4 Å². The minimum absolute atomic E-state index is 0.159. The van der Waals surface area contributed by atoms with Crippen molar-refractivity contribution < 1.29 is 9.53 Å². The standard InChI is InChI=1S/C25H30ClN3O2/c1-13(2)31-24(30)19-14(3)28-23-21(20(19)15-7-6-8-16(26)11-15)22(27)17-12-25(4,5)10-9-18(17)29-23/h6-8,11,13,19-20H,9-10,12H2,1-5H3,(H2,27,29). The number of rotatable bonds is 3. The van der Waals surface area contributed by atoms with Gasteiger partial charge in [-0.3, -0.25) is 4.79 Å². The molecule has 0 saturated carbocycles. The molecule has 1 aromatic heterocycles. The van der Waals surface area contributed by atoms with E-state index in [1.54, 1.807) is 0 Å². The number of aromatic nitrogens is 1. The maximum absolute atomic E-state index is 13.2. The Bertz CT molecular complexity index is 1070. The molecule has 0 spiro atoms.